The minimum Gasteiger partial charge on any atom is -0.480 e. The number of carbonyl (C=O) groups is 1. The van der Waals surface area contributed by atoms with E-state index in [0.29, 0.717) is 17.8 Å². The van der Waals surface area contributed by atoms with Crippen LogP contribution in [-0.4, -0.2) is 16.6 Å². The molecule has 2 aromatic carbocycles. The molecule has 1 atom stereocenters. The van der Waals surface area contributed by atoms with E-state index >= 15 is 0 Å². The van der Waals surface area contributed by atoms with Crippen LogP contribution in [0.5, 0.6) is 5.75 Å². The monoisotopic (exact) mass is 336 g/mol. The standard InChI is InChI=1S/C19H16N2O2S/c22-18(17-12-15-8-4-5-9-16(15)23-17)20-19-21(10-11-24-19)13-14-6-2-1-3-7-14/h1-11,17H,12-13H2. The molecule has 1 aliphatic rings. The van der Waals surface area contributed by atoms with Crippen molar-refractivity contribution < 1.29 is 9.53 Å². The van der Waals surface area contributed by atoms with Crippen LogP contribution >= 0.6 is 11.3 Å². The Morgan fingerprint density at radius 3 is 2.79 bits per heavy atom. The van der Waals surface area contributed by atoms with Gasteiger partial charge >= 0.3 is 0 Å². The average molecular weight is 336 g/mol. The maximum Gasteiger partial charge on any atom is 0.289 e. The van der Waals surface area contributed by atoms with Gasteiger partial charge in [-0.15, -0.1) is 11.3 Å². The first-order valence-electron chi connectivity index (χ1n) is 7.80. The molecule has 120 valence electrons. The molecule has 0 aliphatic carbocycles. The summed E-state index contributed by atoms with van der Waals surface area (Å²) in [6.45, 7) is 0.697. The molecule has 1 aliphatic heterocycles. The molecule has 0 bridgehead atoms. The summed E-state index contributed by atoms with van der Waals surface area (Å²) in [7, 11) is 0. The van der Waals surface area contributed by atoms with E-state index in [1.54, 1.807) is 0 Å². The van der Waals surface area contributed by atoms with Gasteiger partial charge in [-0.1, -0.05) is 48.5 Å². The number of thiazole rings is 1. The Kier molecular flexibility index (Phi) is 4.01. The third-order valence-corrected chi connectivity index (χ3v) is 4.78. The predicted molar refractivity (Wildman–Crippen MR) is 93.0 cm³/mol. The lowest BCUT2D eigenvalue weighted by molar-refractivity contribution is -0.124. The molecule has 5 heteroatoms. The van der Waals surface area contributed by atoms with Crippen molar-refractivity contribution in [1.82, 2.24) is 4.57 Å². The summed E-state index contributed by atoms with van der Waals surface area (Å²) in [5, 5.41) is 1.94. The largest absolute Gasteiger partial charge is 0.480 e. The highest BCUT2D eigenvalue weighted by molar-refractivity contribution is 7.07. The molecule has 2 heterocycles. The van der Waals surface area contributed by atoms with E-state index in [-0.39, 0.29) is 5.91 Å². The molecule has 1 aromatic heterocycles. The molecule has 24 heavy (non-hydrogen) atoms. The van der Waals surface area contributed by atoms with Crippen LogP contribution < -0.4 is 9.54 Å². The lowest BCUT2D eigenvalue weighted by Crippen LogP contribution is -2.27. The highest BCUT2D eigenvalue weighted by Gasteiger charge is 2.28. The van der Waals surface area contributed by atoms with Crippen molar-refractivity contribution in [2.24, 2.45) is 4.99 Å². The Hall–Kier alpha value is -2.66. The Bertz CT molecular complexity index is 903. The number of benzene rings is 2. The minimum absolute atomic E-state index is 0.226. The van der Waals surface area contributed by atoms with E-state index in [0.717, 1.165) is 11.3 Å². The van der Waals surface area contributed by atoms with Crippen LogP contribution in [-0.2, 0) is 17.8 Å². The summed E-state index contributed by atoms with van der Waals surface area (Å²) in [5.74, 6) is 0.560. The SMILES string of the molecule is O=C(N=c1sccn1Cc1ccccc1)C1Cc2ccccc2O1. The van der Waals surface area contributed by atoms with Crippen LogP contribution in [0.1, 0.15) is 11.1 Å². The number of fused-ring (bicyclic) bond motifs is 1. The number of para-hydroxylation sites is 1. The molecule has 0 spiro atoms. The summed E-state index contributed by atoms with van der Waals surface area (Å²) in [6, 6.07) is 17.9. The van der Waals surface area contributed by atoms with Crippen LogP contribution in [0.25, 0.3) is 0 Å². The number of carbonyl (C=O) groups excluding carboxylic acids is 1. The number of hydrogen-bond acceptors (Lipinski definition) is 3. The van der Waals surface area contributed by atoms with Crippen molar-refractivity contribution in [1.29, 1.82) is 0 Å². The van der Waals surface area contributed by atoms with Crippen molar-refractivity contribution >= 4 is 17.2 Å². The molecule has 0 saturated heterocycles. The second kappa shape index (κ2) is 6.45. The van der Waals surface area contributed by atoms with Crippen LogP contribution in [0.2, 0.25) is 0 Å². The van der Waals surface area contributed by atoms with Gasteiger partial charge < -0.3 is 9.30 Å². The highest BCUT2D eigenvalue weighted by atomic mass is 32.1. The Balaban J connectivity index is 1.55. The predicted octanol–water partition coefficient (Wildman–Crippen LogP) is 3.03. The molecule has 0 radical (unpaired) electrons. The van der Waals surface area contributed by atoms with Gasteiger partial charge in [-0.2, -0.15) is 4.99 Å². The summed E-state index contributed by atoms with van der Waals surface area (Å²) >= 11 is 1.46. The van der Waals surface area contributed by atoms with Gasteiger partial charge in [-0.05, 0) is 17.2 Å². The average Bonchev–Trinajstić information content (AvgIpc) is 3.23. The van der Waals surface area contributed by atoms with Crippen LogP contribution in [0.3, 0.4) is 0 Å². The first-order valence-corrected chi connectivity index (χ1v) is 8.68. The number of hydrogen-bond donors (Lipinski definition) is 0. The Morgan fingerprint density at radius 1 is 1.17 bits per heavy atom. The lowest BCUT2D eigenvalue weighted by atomic mass is 10.1. The number of amides is 1. The summed E-state index contributed by atoms with van der Waals surface area (Å²) in [6.07, 6.45) is 2.02. The second-order valence-corrected chi connectivity index (χ2v) is 6.54. The molecular formula is C19H16N2O2S. The Morgan fingerprint density at radius 2 is 1.96 bits per heavy atom. The summed E-state index contributed by atoms with van der Waals surface area (Å²) in [4.78, 5) is 17.5. The summed E-state index contributed by atoms with van der Waals surface area (Å²) in [5.41, 5.74) is 2.24. The molecule has 1 unspecified atom stereocenters. The van der Waals surface area contributed by atoms with E-state index in [9.17, 15) is 4.79 Å². The van der Waals surface area contributed by atoms with Gasteiger partial charge in [0.1, 0.15) is 5.75 Å². The van der Waals surface area contributed by atoms with E-state index in [1.807, 2.05) is 58.6 Å². The molecule has 0 saturated carbocycles. The maximum atomic E-state index is 12.5. The quantitative estimate of drug-likeness (QED) is 0.738. The lowest BCUT2D eigenvalue weighted by Gasteiger charge is -2.06. The molecule has 0 N–H and O–H groups in total. The summed E-state index contributed by atoms with van der Waals surface area (Å²) < 4.78 is 7.71. The van der Waals surface area contributed by atoms with Crippen molar-refractivity contribution in [2.75, 3.05) is 0 Å². The van der Waals surface area contributed by atoms with Gasteiger partial charge in [-0.25, -0.2) is 0 Å². The third kappa shape index (κ3) is 3.03. The fourth-order valence-electron chi connectivity index (χ4n) is 2.77. The molecule has 4 nitrogen and oxygen atoms in total. The maximum absolute atomic E-state index is 12.5. The van der Waals surface area contributed by atoms with Crippen molar-refractivity contribution in [3.63, 3.8) is 0 Å². The number of nitrogens with zero attached hydrogens (tertiary/aromatic N) is 2. The second-order valence-electron chi connectivity index (χ2n) is 5.67. The number of ether oxygens (including phenoxy) is 1. The van der Waals surface area contributed by atoms with Gasteiger partial charge in [0.2, 0.25) is 0 Å². The fraction of sp³-hybridized carbons (Fsp3) is 0.158. The Labute approximate surface area is 143 Å². The van der Waals surface area contributed by atoms with Crippen LogP contribution in [0.15, 0.2) is 71.2 Å². The van der Waals surface area contributed by atoms with Crippen LogP contribution in [0, 0.1) is 0 Å². The van der Waals surface area contributed by atoms with E-state index in [2.05, 4.69) is 17.1 Å². The van der Waals surface area contributed by atoms with E-state index in [4.69, 9.17) is 4.74 Å². The molecule has 3 aromatic rings. The van der Waals surface area contributed by atoms with Gasteiger partial charge in [0.15, 0.2) is 10.9 Å². The normalized spacial score (nSPS) is 16.7. The zero-order valence-corrected chi connectivity index (χ0v) is 13.8. The van der Waals surface area contributed by atoms with Gasteiger partial charge in [0, 0.05) is 24.5 Å². The first-order chi connectivity index (χ1) is 11.8. The van der Waals surface area contributed by atoms with Crippen molar-refractivity contribution in [2.45, 2.75) is 19.1 Å². The van der Waals surface area contributed by atoms with Crippen molar-refractivity contribution in [3.05, 3.63) is 82.1 Å². The molecule has 0 fully saturated rings. The van der Waals surface area contributed by atoms with Gasteiger partial charge in [0.05, 0.1) is 0 Å². The van der Waals surface area contributed by atoms with Crippen molar-refractivity contribution in [3.8, 4) is 5.75 Å². The van der Waals surface area contributed by atoms with E-state index in [1.165, 1.54) is 16.9 Å². The minimum atomic E-state index is -0.519. The molecule has 1 amide bonds. The fourth-order valence-corrected chi connectivity index (χ4v) is 3.51. The topological polar surface area (TPSA) is 43.6 Å². The van der Waals surface area contributed by atoms with Crippen LogP contribution in [0.4, 0.5) is 0 Å². The smallest absolute Gasteiger partial charge is 0.289 e. The third-order valence-electron chi connectivity index (χ3n) is 3.98. The van der Waals surface area contributed by atoms with Gasteiger partial charge in [-0.3, -0.25) is 4.79 Å². The van der Waals surface area contributed by atoms with E-state index < -0.39 is 6.10 Å². The van der Waals surface area contributed by atoms with Gasteiger partial charge in [0.25, 0.3) is 5.91 Å². The molecular weight excluding hydrogens is 320 g/mol. The zero-order chi connectivity index (χ0) is 16.4. The first kappa shape index (κ1) is 14.9. The number of aromatic nitrogens is 1. The zero-order valence-electron chi connectivity index (χ0n) is 13.0. The highest BCUT2D eigenvalue weighted by Crippen LogP contribution is 2.28. The molecule has 4 rings (SSSR count). The number of rotatable bonds is 3.